The molecule has 0 fully saturated rings. The Bertz CT molecular complexity index is 787. The molecule has 1 aromatic heterocycles. The third kappa shape index (κ3) is 3.72. The van der Waals surface area contributed by atoms with Gasteiger partial charge in [0.1, 0.15) is 0 Å². The van der Waals surface area contributed by atoms with Crippen LogP contribution in [0.2, 0.25) is 0 Å². The Morgan fingerprint density at radius 1 is 0.917 bits per heavy atom. The molecule has 0 saturated carbocycles. The topological polar surface area (TPSA) is 69.4 Å². The zero-order chi connectivity index (χ0) is 16.8. The van der Waals surface area contributed by atoms with Gasteiger partial charge in [-0.05, 0) is 23.8 Å². The van der Waals surface area contributed by atoms with Gasteiger partial charge in [0.25, 0.3) is 0 Å². The number of benzene rings is 2. The molecule has 0 atom stereocenters. The number of nitrogens with zero attached hydrogens (tertiary/aromatic N) is 2. The van der Waals surface area contributed by atoms with Gasteiger partial charge in [0.15, 0.2) is 11.5 Å². The highest BCUT2D eigenvalue weighted by molar-refractivity contribution is 5.59. The summed E-state index contributed by atoms with van der Waals surface area (Å²) in [6, 6.07) is 15.6. The summed E-state index contributed by atoms with van der Waals surface area (Å²) in [6.45, 7) is 1.25. The molecule has 124 valence electrons. The maximum absolute atomic E-state index is 5.70. The average molecular weight is 325 g/mol. The Balaban J connectivity index is 1.65. The summed E-state index contributed by atoms with van der Waals surface area (Å²) >= 11 is 0. The molecule has 1 N–H and O–H groups in total. The summed E-state index contributed by atoms with van der Waals surface area (Å²) in [5, 5.41) is 11.4. The minimum atomic E-state index is 0.451. The molecule has 6 nitrogen and oxygen atoms in total. The van der Waals surface area contributed by atoms with Crippen LogP contribution in [0.4, 0.5) is 0 Å². The number of aromatic nitrogens is 2. The quantitative estimate of drug-likeness (QED) is 0.720. The van der Waals surface area contributed by atoms with E-state index in [4.69, 9.17) is 13.9 Å². The number of ether oxygens (including phenoxy) is 2. The lowest BCUT2D eigenvalue weighted by atomic mass is 10.2. The molecule has 0 radical (unpaired) electrons. The number of nitrogens with one attached hydrogen (secondary N) is 1. The van der Waals surface area contributed by atoms with Gasteiger partial charge in [0.2, 0.25) is 11.8 Å². The standard InChI is InChI=1S/C18H19N3O3/c1-22-15-9-8-14(10-16(15)23-2)18-21-20-17(24-18)12-19-11-13-6-4-3-5-7-13/h3-10,19H,11-12H2,1-2H3. The van der Waals surface area contributed by atoms with E-state index in [1.165, 1.54) is 5.56 Å². The fraction of sp³-hybridized carbons (Fsp3) is 0.222. The fourth-order valence-electron chi connectivity index (χ4n) is 2.32. The van der Waals surface area contributed by atoms with Crippen molar-refractivity contribution in [2.45, 2.75) is 13.1 Å². The van der Waals surface area contributed by atoms with Crippen LogP contribution in [0, 0.1) is 0 Å². The molecular weight excluding hydrogens is 306 g/mol. The molecule has 0 aliphatic rings. The molecule has 0 aliphatic heterocycles. The molecule has 0 saturated heterocycles. The van der Waals surface area contributed by atoms with Crippen LogP contribution >= 0.6 is 0 Å². The van der Waals surface area contributed by atoms with Gasteiger partial charge in [0, 0.05) is 12.1 Å². The second-order valence-electron chi connectivity index (χ2n) is 5.16. The van der Waals surface area contributed by atoms with E-state index < -0.39 is 0 Å². The van der Waals surface area contributed by atoms with Gasteiger partial charge in [-0.15, -0.1) is 10.2 Å². The summed E-state index contributed by atoms with van der Waals surface area (Å²) < 4.78 is 16.2. The van der Waals surface area contributed by atoms with Crippen LogP contribution in [0.1, 0.15) is 11.5 Å². The van der Waals surface area contributed by atoms with E-state index in [9.17, 15) is 0 Å². The van der Waals surface area contributed by atoms with Crippen molar-refractivity contribution in [1.82, 2.24) is 15.5 Å². The summed E-state index contributed by atoms with van der Waals surface area (Å²) in [7, 11) is 3.19. The molecular formula is C18H19N3O3. The van der Waals surface area contributed by atoms with Crippen molar-refractivity contribution in [3.05, 3.63) is 60.0 Å². The van der Waals surface area contributed by atoms with Crippen LogP contribution < -0.4 is 14.8 Å². The lowest BCUT2D eigenvalue weighted by Gasteiger charge is -2.07. The monoisotopic (exact) mass is 325 g/mol. The second-order valence-corrected chi connectivity index (χ2v) is 5.16. The summed E-state index contributed by atoms with van der Waals surface area (Å²) in [6.07, 6.45) is 0. The molecule has 3 aromatic rings. The van der Waals surface area contributed by atoms with Crippen molar-refractivity contribution in [1.29, 1.82) is 0 Å². The van der Waals surface area contributed by atoms with Crippen molar-refractivity contribution in [3.8, 4) is 23.0 Å². The predicted octanol–water partition coefficient (Wildman–Crippen LogP) is 3.04. The third-order valence-electron chi connectivity index (χ3n) is 3.55. The Labute approximate surface area is 140 Å². The highest BCUT2D eigenvalue weighted by Crippen LogP contribution is 2.31. The first-order valence-corrected chi connectivity index (χ1v) is 7.59. The van der Waals surface area contributed by atoms with Gasteiger partial charge in [-0.25, -0.2) is 0 Å². The zero-order valence-corrected chi connectivity index (χ0v) is 13.7. The molecule has 0 bridgehead atoms. The van der Waals surface area contributed by atoms with Crippen LogP contribution in [0.25, 0.3) is 11.5 Å². The van der Waals surface area contributed by atoms with Crippen molar-refractivity contribution in [2.24, 2.45) is 0 Å². The molecule has 0 amide bonds. The molecule has 0 aliphatic carbocycles. The van der Waals surface area contributed by atoms with Gasteiger partial charge in [0.05, 0.1) is 20.8 Å². The van der Waals surface area contributed by atoms with Gasteiger partial charge < -0.3 is 19.2 Å². The SMILES string of the molecule is COc1ccc(-c2nnc(CNCc3ccccc3)o2)cc1OC. The highest BCUT2D eigenvalue weighted by atomic mass is 16.5. The summed E-state index contributed by atoms with van der Waals surface area (Å²) in [5.74, 6) is 2.27. The molecule has 2 aromatic carbocycles. The number of hydrogen-bond acceptors (Lipinski definition) is 6. The Hall–Kier alpha value is -2.86. The highest BCUT2D eigenvalue weighted by Gasteiger charge is 2.12. The average Bonchev–Trinajstić information content (AvgIpc) is 3.11. The largest absolute Gasteiger partial charge is 0.493 e. The molecule has 0 unspecified atom stereocenters. The first-order valence-electron chi connectivity index (χ1n) is 7.59. The van der Waals surface area contributed by atoms with Crippen molar-refractivity contribution < 1.29 is 13.9 Å². The van der Waals surface area contributed by atoms with Crippen LogP contribution in [0.3, 0.4) is 0 Å². The Morgan fingerprint density at radius 3 is 2.46 bits per heavy atom. The van der Waals surface area contributed by atoms with E-state index in [-0.39, 0.29) is 0 Å². The fourth-order valence-corrected chi connectivity index (χ4v) is 2.32. The van der Waals surface area contributed by atoms with Crippen molar-refractivity contribution >= 4 is 0 Å². The van der Waals surface area contributed by atoms with Crippen molar-refractivity contribution in [2.75, 3.05) is 14.2 Å². The predicted molar refractivity (Wildman–Crippen MR) is 89.8 cm³/mol. The summed E-state index contributed by atoms with van der Waals surface area (Å²) in [5.41, 5.74) is 1.99. The molecule has 3 rings (SSSR count). The minimum absolute atomic E-state index is 0.451. The second kappa shape index (κ2) is 7.61. The van der Waals surface area contributed by atoms with E-state index in [2.05, 4.69) is 27.6 Å². The molecule has 1 heterocycles. The minimum Gasteiger partial charge on any atom is -0.493 e. The van der Waals surface area contributed by atoms with Gasteiger partial charge in [-0.2, -0.15) is 0 Å². The van der Waals surface area contributed by atoms with E-state index in [0.29, 0.717) is 29.8 Å². The number of rotatable bonds is 7. The van der Waals surface area contributed by atoms with Gasteiger partial charge in [-0.3, -0.25) is 0 Å². The van der Waals surface area contributed by atoms with Gasteiger partial charge >= 0.3 is 0 Å². The van der Waals surface area contributed by atoms with Crippen LogP contribution in [0.5, 0.6) is 11.5 Å². The van der Waals surface area contributed by atoms with E-state index in [1.54, 1.807) is 14.2 Å². The maximum Gasteiger partial charge on any atom is 0.247 e. The first-order chi connectivity index (χ1) is 11.8. The van der Waals surface area contributed by atoms with Gasteiger partial charge in [-0.1, -0.05) is 30.3 Å². The zero-order valence-electron chi connectivity index (χ0n) is 13.7. The number of hydrogen-bond donors (Lipinski definition) is 1. The normalized spacial score (nSPS) is 10.6. The Morgan fingerprint density at radius 2 is 1.71 bits per heavy atom. The third-order valence-corrected chi connectivity index (χ3v) is 3.55. The van der Waals surface area contributed by atoms with Crippen LogP contribution in [-0.4, -0.2) is 24.4 Å². The molecule has 0 spiro atoms. The van der Waals surface area contributed by atoms with Crippen LogP contribution in [-0.2, 0) is 13.1 Å². The van der Waals surface area contributed by atoms with E-state index >= 15 is 0 Å². The smallest absolute Gasteiger partial charge is 0.247 e. The number of methoxy groups -OCH3 is 2. The lowest BCUT2D eigenvalue weighted by Crippen LogP contribution is -2.12. The van der Waals surface area contributed by atoms with Crippen LogP contribution in [0.15, 0.2) is 52.9 Å². The van der Waals surface area contributed by atoms with E-state index in [0.717, 1.165) is 12.1 Å². The Kier molecular flexibility index (Phi) is 5.08. The molecule has 24 heavy (non-hydrogen) atoms. The maximum atomic E-state index is 5.70. The lowest BCUT2D eigenvalue weighted by molar-refractivity contribution is 0.355. The first kappa shape index (κ1) is 16.0. The summed E-state index contributed by atoms with van der Waals surface area (Å²) in [4.78, 5) is 0. The molecule has 6 heteroatoms. The van der Waals surface area contributed by atoms with E-state index in [1.807, 2.05) is 36.4 Å². The van der Waals surface area contributed by atoms with Crippen molar-refractivity contribution in [3.63, 3.8) is 0 Å².